The highest BCUT2D eigenvalue weighted by Gasteiger charge is 2.30. The van der Waals surface area contributed by atoms with Crippen molar-refractivity contribution in [2.24, 2.45) is 0 Å². The zero-order valence-corrected chi connectivity index (χ0v) is 20.2. The maximum absolute atomic E-state index is 12.9. The Bertz CT molecular complexity index is 1390. The van der Waals surface area contributed by atoms with Crippen molar-refractivity contribution >= 4 is 34.1 Å². The maximum Gasteiger partial charge on any atom is 0.416 e. The van der Waals surface area contributed by atoms with Crippen LogP contribution in [0.15, 0.2) is 85.1 Å². The molecule has 0 saturated carbocycles. The first-order valence-electron chi connectivity index (χ1n) is 10.5. The second kappa shape index (κ2) is 10.7. The number of nitrogens with one attached hydrogen (secondary N) is 2. The number of anilines is 2. The minimum atomic E-state index is -4.51. The molecule has 0 unspecified atom stereocenters. The van der Waals surface area contributed by atoms with Gasteiger partial charge >= 0.3 is 12.2 Å². The molecule has 0 aliphatic heterocycles. The van der Waals surface area contributed by atoms with Crippen LogP contribution >= 0.6 is 0 Å². The Morgan fingerprint density at radius 3 is 2.26 bits per heavy atom. The molecule has 3 aromatic carbocycles. The number of aromatic nitrogens is 1. The van der Waals surface area contributed by atoms with Crippen molar-refractivity contribution < 1.29 is 44.3 Å². The van der Waals surface area contributed by atoms with Crippen LogP contribution in [0.5, 0.6) is 0 Å². The largest absolute Gasteiger partial charge is 1.00 e. The van der Waals surface area contributed by atoms with Crippen LogP contribution in [0.3, 0.4) is 0 Å². The number of fused-ring (bicyclic) bond motifs is 1. The fraction of sp³-hybridized carbons (Fsp3) is 0.115. The van der Waals surface area contributed by atoms with E-state index in [2.05, 4.69) is 10.6 Å². The van der Waals surface area contributed by atoms with Gasteiger partial charge in [0, 0.05) is 34.5 Å². The van der Waals surface area contributed by atoms with Crippen LogP contribution in [-0.4, -0.2) is 11.8 Å². The molecule has 0 spiro atoms. The van der Waals surface area contributed by atoms with Gasteiger partial charge in [0.25, 0.3) is 0 Å². The Kier molecular flexibility index (Phi) is 7.91. The number of carbonyl (C=O) groups is 2. The van der Waals surface area contributed by atoms with Crippen LogP contribution in [0.1, 0.15) is 21.5 Å². The quantitative estimate of drug-likeness (QED) is 0.300. The lowest BCUT2D eigenvalue weighted by Gasteiger charge is -2.11. The molecular weight excluding hydrogens is 523 g/mol. The third kappa shape index (κ3) is 6.45. The molecule has 0 aliphatic rings. The number of rotatable bonds is 5. The van der Waals surface area contributed by atoms with E-state index >= 15 is 0 Å². The number of halogens is 4. The number of alkyl halides is 3. The van der Waals surface area contributed by atoms with Gasteiger partial charge in [0.2, 0.25) is 17.8 Å². The third-order valence-corrected chi connectivity index (χ3v) is 5.24. The zero-order valence-electron chi connectivity index (χ0n) is 18.6. The van der Waals surface area contributed by atoms with Gasteiger partial charge in [-0.1, -0.05) is 29.8 Å². The first-order valence-corrected chi connectivity index (χ1v) is 10.5. The number of urea groups is 1. The van der Waals surface area contributed by atoms with Gasteiger partial charge < -0.3 is 27.6 Å². The van der Waals surface area contributed by atoms with Gasteiger partial charge in [-0.25, -0.2) is 4.79 Å². The van der Waals surface area contributed by atoms with Crippen LogP contribution in [0, 0.1) is 6.92 Å². The number of pyridine rings is 1. The molecule has 1 aromatic heterocycles. The van der Waals surface area contributed by atoms with E-state index in [-0.39, 0.29) is 35.0 Å². The predicted octanol–water partition coefficient (Wildman–Crippen LogP) is 2.99. The van der Waals surface area contributed by atoms with E-state index in [1.54, 1.807) is 18.2 Å². The van der Waals surface area contributed by atoms with Crippen molar-refractivity contribution in [1.29, 1.82) is 0 Å². The van der Waals surface area contributed by atoms with E-state index in [9.17, 15) is 22.8 Å². The fourth-order valence-electron chi connectivity index (χ4n) is 3.62. The number of aryl methyl sites for hydroxylation is 1. The summed E-state index contributed by atoms with van der Waals surface area (Å²) in [4.78, 5) is 25.2. The Hall–Kier alpha value is -3.72. The molecule has 0 atom stereocenters. The summed E-state index contributed by atoms with van der Waals surface area (Å²) in [5.74, 6) is -0.153. The van der Waals surface area contributed by atoms with Gasteiger partial charge in [-0.05, 0) is 49.4 Å². The van der Waals surface area contributed by atoms with Gasteiger partial charge in [-0.15, -0.1) is 0 Å². The van der Waals surface area contributed by atoms with Gasteiger partial charge in [0.05, 0.1) is 5.56 Å². The van der Waals surface area contributed by atoms with Crippen molar-refractivity contribution in [2.75, 3.05) is 10.6 Å². The normalized spacial score (nSPS) is 11.0. The van der Waals surface area contributed by atoms with Gasteiger partial charge in [-0.3, -0.25) is 4.79 Å². The number of amides is 2. The Labute approximate surface area is 210 Å². The fourth-order valence-corrected chi connectivity index (χ4v) is 3.62. The summed E-state index contributed by atoms with van der Waals surface area (Å²) < 4.78 is 40.5. The van der Waals surface area contributed by atoms with Crippen LogP contribution in [0.2, 0.25) is 0 Å². The molecule has 2 N–H and O–H groups in total. The molecule has 0 radical (unpaired) electrons. The molecule has 0 saturated heterocycles. The smallest absolute Gasteiger partial charge is 0.416 e. The average molecular weight is 544 g/mol. The summed E-state index contributed by atoms with van der Waals surface area (Å²) in [6.07, 6.45) is -2.68. The second-order valence-corrected chi connectivity index (χ2v) is 7.86. The first-order chi connectivity index (χ1) is 16.2. The molecular formula is C26H21BrF3N3O2. The van der Waals surface area contributed by atoms with Crippen molar-refractivity contribution in [1.82, 2.24) is 0 Å². The topological polar surface area (TPSA) is 62.1 Å². The Morgan fingerprint density at radius 1 is 0.857 bits per heavy atom. The molecule has 9 heteroatoms. The summed E-state index contributed by atoms with van der Waals surface area (Å²) >= 11 is 0. The van der Waals surface area contributed by atoms with Crippen LogP contribution < -0.4 is 32.2 Å². The van der Waals surface area contributed by atoms with E-state index in [4.69, 9.17) is 0 Å². The van der Waals surface area contributed by atoms with Crippen molar-refractivity contribution in [2.45, 2.75) is 19.6 Å². The molecule has 0 fully saturated rings. The number of nitrogens with zero attached hydrogens (tertiary/aromatic N) is 1. The summed E-state index contributed by atoms with van der Waals surface area (Å²) in [6, 6.07) is 19.9. The standard InChI is InChI=1S/C26H20F3N3O2.BrH/c1-17-10-11-23-18(13-17)6-4-12-32(23)16-24(33)19-5-2-8-21(14-19)30-25(34)31-22-9-3-7-20(15-22)26(27,28)29;/h2-15H,16H2,1H3,(H-,30,31,34);1H. The van der Waals surface area contributed by atoms with E-state index < -0.39 is 17.8 Å². The lowest BCUT2D eigenvalue weighted by molar-refractivity contribution is -0.657. The Balaban J connectivity index is 0.00000342. The molecule has 4 aromatic rings. The number of hydrogen-bond donors (Lipinski definition) is 2. The van der Waals surface area contributed by atoms with E-state index in [1.165, 1.54) is 18.2 Å². The van der Waals surface area contributed by atoms with Gasteiger partial charge in [-0.2, -0.15) is 17.7 Å². The third-order valence-electron chi connectivity index (χ3n) is 5.24. The van der Waals surface area contributed by atoms with Crippen molar-refractivity contribution in [3.05, 3.63) is 102 Å². The number of hydrogen-bond acceptors (Lipinski definition) is 2. The van der Waals surface area contributed by atoms with E-state index in [1.807, 2.05) is 48.0 Å². The summed E-state index contributed by atoms with van der Waals surface area (Å²) in [5.41, 5.74) is 1.93. The minimum Gasteiger partial charge on any atom is -1.00 e. The number of carbonyl (C=O) groups excluding carboxylic acids is 2. The average Bonchev–Trinajstić information content (AvgIpc) is 2.78. The number of benzene rings is 3. The van der Waals surface area contributed by atoms with Crippen molar-refractivity contribution in [3.8, 4) is 0 Å². The molecule has 180 valence electrons. The Morgan fingerprint density at radius 2 is 1.54 bits per heavy atom. The molecule has 35 heavy (non-hydrogen) atoms. The highest BCUT2D eigenvalue weighted by atomic mass is 79.9. The molecule has 2 amide bonds. The van der Waals surface area contributed by atoms with E-state index in [0.717, 1.165) is 28.6 Å². The highest BCUT2D eigenvalue weighted by molar-refractivity contribution is 6.01. The van der Waals surface area contributed by atoms with Crippen LogP contribution in [-0.2, 0) is 12.7 Å². The van der Waals surface area contributed by atoms with E-state index in [0.29, 0.717) is 11.3 Å². The summed E-state index contributed by atoms with van der Waals surface area (Å²) in [7, 11) is 0. The summed E-state index contributed by atoms with van der Waals surface area (Å²) in [6.45, 7) is 2.11. The summed E-state index contributed by atoms with van der Waals surface area (Å²) in [5, 5.41) is 5.96. The molecule has 1 heterocycles. The SMILES string of the molecule is Cc1ccc2c(ccc[n+]2CC(=O)c2cccc(NC(=O)Nc3cccc(C(F)(F)F)c3)c2)c1.[Br-]. The van der Waals surface area contributed by atoms with Gasteiger partial charge in [0.15, 0.2) is 6.20 Å². The zero-order chi connectivity index (χ0) is 24.3. The molecule has 0 aliphatic carbocycles. The van der Waals surface area contributed by atoms with Crippen molar-refractivity contribution in [3.63, 3.8) is 0 Å². The number of Topliss-reactive ketones (excluding diaryl/α,β-unsaturated/α-hetero) is 1. The molecule has 4 rings (SSSR count). The molecule has 5 nitrogen and oxygen atoms in total. The number of ketones is 1. The monoisotopic (exact) mass is 543 g/mol. The first kappa shape index (κ1) is 25.9. The molecule has 0 bridgehead atoms. The lowest BCUT2D eigenvalue weighted by atomic mass is 10.1. The van der Waals surface area contributed by atoms with Crippen LogP contribution in [0.25, 0.3) is 10.9 Å². The van der Waals surface area contributed by atoms with Gasteiger partial charge in [0.1, 0.15) is 0 Å². The highest BCUT2D eigenvalue weighted by Crippen LogP contribution is 2.30. The van der Waals surface area contributed by atoms with Crippen LogP contribution in [0.4, 0.5) is 29.3 Å². The lowest BCUT2D eigenvalue weighted by Crippen LogP contribution is -3.00. The maximum atomic E-state index is 12.9. The predicted molar refractivity (Wildman–Crippen MR) is 124 cm³/mol. The second-order valence-electron chi connectivity index (χ2n) is 7.86. The minimum absolute atomic E-state index is 0.